The van der Waals surface area contributed by atoms with Crippen molar-refractivity contribution < 1.29 is 4.74 Å². The van der Waals surface area contributed by atoms with Crippen molar-refractivity contribution in [1.29, 1.82) is 0 Å². The van der Waals surface area contributed by atoms with Crippen molar-refractivity contribution in [3.8, 4) is 5.75 Å². The molecule has 0 saturated carbocycles. The highest BCUT2D eigenvalue weighted by Gasteiger charge is 2.21. The summed E-state index contributed by atoms with van der Waals surface area (Å²) in [5, 5.41) is 1.69. The lowest BCUT2D eigenvalue weighted by molar-refractivity contribution is 0.243. The number of benzene rings is 2. The number of fused-ring (bicyclic) bond motifs is 3. The summed E-state index contributed by atoms with van der Waals surface area (Å²) in [4.78, 5) is 26.0. The van der Waals surface area contributed by atoms with Gasteiger partial charge in [0, 0.05) is 36.3 Å². The minimum atomic E-state index is -0.0447. The molecule has 0 bridgehead atoms. The van der Waals surface area contributed by atoms with Gasteiger partial charge in [-0.25, -0.2) is 4.98 Å². The average molecular weight is 421 g/mol. The summed E-state index contributed by atoms with van der Waals surface area (Å²) in [7, 11) is 0. The SMILES string of the molecule is CCOc1ccccc1N1CCN(Cc2nc3sc4ccccc4c3c(=O)[nH]2)CC1. The van der Waals surface area contributed by atoms with Crippen LogP contribution in [-0.4, -0.2) is 47.7 Å². The predicted octanol–water partition coefficient (Wildman–Crippen LogP) is 3.86. The van der Waals surface area contributed by atoms with Gasteiger partial charge in [0.25, 0.3) is 5.56 Å². The lowest BCUT2D eigenvalue weighted by atomic mass is 10.2. The van der Waals surface area contributed by atoms with Crippen LogP contribution in [0.4, 0.5) is 5.69 Å². The first-order valence-corrected chi connectivity index (χ1v) is 11.1. The van der Waals surface area contributed by atoms with Crippen LogP contribution >= 0.6 is 11.3 Å². The molecule has 1 saturated heterocycles. The van der Waals surface area contributed by atoms with Gasteiger partial charge < -0.3 is 14.6 Å². The number of thiophene rings is 1. The molecule has 2 aromatic heterocycles. The number of hydrogen-bond acceptors (Lipinski definition) is 6. The minimum Gasteiger partial charge on any atom is -0.492 e. The van der Waals surface area contributed by atoms with Crippen molar-refractivity contribution in [2.24, 2.45) is 0 Å². The lowest BCUT2D eigenvalue weighted by Gasteiger charge is -2.36. The molecule has 30 heavy (non-hydrogen) atoms. The number of nitrogens with one attached hydrogen (secondary N) is 1. The van der Waals surface area contributed by atoms with E-state index >= 15 is 0 Å². The number of para-hydroxylation sites is 2. The largest absolute Gasteiger partial charge is 0.492 e. The standard InChI is InChI=1S/C23H24N4O2S/c1-2-29-18-9-5-4-8-17(18)27-13-11-26(12-14-27)15-20-24-22(28)21-16-7-3-6-10-19(16)30-23(21)25-20/h3-10H,2,11-15H2,1H3,(H,24,25,28). The molecule has 0 radical (unpaired) electrons. The van der Waals surface area contributed by atoms with E-state index in [1.54, 1.807) is 11.3 Å². The molecule has 6 nitrogen and oxygen atoms in total. The summed E-state index contributed by atoms with van der Waals surface area (Å²) < 4.78 is 6.89. The first-order valence-electron chi connectivity index (χ1n) is 10.3. The van der Waals surface area contributed by atoms with Gasteiger partial charge in [-0.05, 0) is 25.1 Å². The van der Waals surface area contributed by atoms with Crippen molar-refractivity contribution in [3.05, 3.63) is 64.7 Å². The van der Waals surface area contributed by atoms with Gasteiger partial charge in [-0.15, -0.1) is 11.3 Å². The number of ether oxygens (including phenoxy) is 1. The number of piperazine rings is 1. The van der Waals surface area contributed by atoms with Crippen LogP contribution in [0.25, 0.3) is 20.3 Å². The molecule has 5 rings (SSSR count). The van der Waals surface area contributed by atoms with E-state index in [9.17, 15) is 4.79 Å². The van der Waals surface area contributed by atoms with E-state index in [4.69, 9.17) is 9.72 Å². The topological polar surface area (TPSA) is 61.5 Å². The number of hydrogen-bond donors (Lipinski definition) is 1. The molecule has 0 amide bonds. The maximum Gasteiger partial charge on any atom is 0.260 e. The molecule has 0 atom stereocenters. The first kappa shape index (κ1) is 19.1. The van der Waals surface area contributed by atoms with Crippen molar-refractivity contribution >= 4 is 37.3 Å². The third-order valence-corrected chi connectivity index (χ3v) is 6.61. The Balaban J connectivity index is 1.32. The fraction of sp³-hybridized carbons (Fsp3) is 0.304. The average Bonchev–Trinajstić information content (AvgIpc) is 3.14. The molecule has 2 aromatic carbocycles. The second-order valence-electron chi connectivity index (χ2n) is 7.45. The Hall–Kier alpha value is -2.90. The number of aromatic nitrogens is 2. The molecule has 7 heteroatoms. The molecule has 0 spiro atoms. The van der Waals surface area contributed by atoms with Gasteiger partial charge in [0.05, 0.1) is 24.2 Å². The van der Waals surface area contributed by atoms with E-state index < -0.39 is 0 Å². The van der Waals surface area contributed by atoms with Gasteiger partial charge in [0.2, 0.25) is 0 Å². The fourth-order valence-corrected chi connectivity index (χ4v) is 5.20. The van der Waals surface area contributed by atoms with Gasteiger partial charge in [-0.2, -0.15) is 0 Å². The van der Waals surface area contributed by atoms with E-state index in [1.165, 1.54) is 0 Å². The Morgan fingerprint density at radius 1 is 1.07 bits per heavy atom. The van der Waals surface area contributed by atoms with Crippen LogP contribution < -0.4 is 15.2 Å². The molecule has 0 aliphatic carbocycles. The minimum absolute atomic E-state index is 0.0447. The second kappa shape index (κ2) is 8.08. The van der Waals surface area contributed by atoms with Gasteiger partial charge in [-0.3, -0.25) is 9.69 Å². The van der Waals surface area contributed by atoms with E-state index in [1.807, 2.05) is 43.3 Å². The summed E-state index contributed by atoms with van der Waals surface area (Å²) in [6.07, 6.45) is 0. The van der Waals surface area contributed by atoms with Crippen LogP contribution in [0.3, 0.4) is 0 Å². The Morgan fingerprint density at radius 2 is 1.83 bits per heavy atom. The monoisotopic (exact) mass is 420 g/mol. The van der Waals surface area contributed by atoms with Crippen LogP contribution in [0.1, 0.15) is 12.7 Å². The van der Waals surface area contributed by atoms with Gasteiger partial charge >= 0.3 is 0 Å². The van der Waals surface area contributed by atoms with Crippen LogP contribution in [0, 0.1) is 0 Å². The molecule has 1 aliphatic heterocycles. The summed E-state index contributed by atoms with van der Waals surface area (Å²) in [5.41, 5.74) is 1.11. The molecule has 0 unspecified atom stereocenters. The molecule has 1 aliphatic rings. The number of rotatable bonds is 5. The Kier molecular flexibility index (Phi) is 5.14. The Morgan fingerprint density at radius 3 is 2.67 bits per heavy atom. The molecular weight excluding hydrogens is 396 g/mol. The van der Waals surface area contributed by atoms with E-state index in [2.05, 4.69) is 26.9 Å². The molecule has 154 valence electrons. The number of H-pyrrole nitrogens is 1. The fourth-order valence-electron chi connectivity index (χ4n) is 4.10. The molecule has 1 fully saturated rings. The summed E-state index contributed by atoms with van der Waals surface area (Å²) in [6, 6.07) is 16.2. The molecule has 1 N–H and O–H groups in total. The zero-order valence-corrected chi connectivity index (χ0v) is 17.7. The predicted molar refractivity (Wildman–Crippen MR) is 123 cm³/mol. The highest BCUT2D eigenvalue weighted by molar-refractivity contribution is 7.25. The normalized spacial score (nSPS) is 15.2. The van der Waals surface area contributed by atoms with Gasteiger partial charge in [0.15, 0.2) is 0 Å². The van der Waals surface area contributed by atoms with Crippen LogP contribution in [0.5, 0.6) is 5.75 Å². The van der Waals surface area contributed by atoms with E-state index in [0.717, 1.165) is 58.4 Å². The highest BCUT2D eigenvalue weighted by atomic mass is 32.1. The highest BCUT2D eigenvalue weighted by Crippen LogP contribution is 2.31. The third-order valence-electron chi connectivity index (χ3n) is 5.55. The number of nitrogens with zero attached hydrogens (tertiary/aromatic N) is 3. The van der Waals surface area contributed by atoms with E-state index in [0.29, 0.717) is 18.5 Å². The molecule has 3 heterocycles. The second-order valence-corrected chi connectivity index (χ2v) is 8.49. The zero-order chi connectivity index (χ0) is 20.5. The number of aromatic amines is 1. The lowest BCUT2D eigenvalue weighted by Crippen LogP contribution is -2.46. The third kappa shape index (κ3) is 3.55. The molecule has 4 aromatic rings. The smallest absolute Gasteiger partial charge is 0.260 e. The van der Waals surface area contributed by atoms with Crippen molar-refractivity contribution in [2.45, 2.75) is 13.5 Å². The molecular formula is C23H24N4O2S. The van der Waals surface area contributed by atoms with Gasteiger partial charge in [-0.1, -0.05) is 30.3 Å². The Bertz CT molecular complexity index is 1240. The van der Waals surface area contributed by atoms with Gasteiger partial charge in [0.1, 0.15) is 16.4 Å². The van der Waals surface area contributed by atoms with Crippen molar-refractivity contribution in [3.63, 3.8) is 0 Å². The Labute approximate surface area is 178 Å². The maximum absolute atomic E-state index is 12.7. The van der Waals surface area contributed by atoms with Crippen LogP contribution in [0.15, 0.2) is 53.3 Å². The van der Waals surface area contributed by atoms with Crippen LogP contribution in [0.2, 0.25) is 0 Å². The van der Waals surface area contributed by atoms with Crippen molar-refractivity contribution in [2.75, 3.05) is 37.7 Å². The first-order chi connectivity index (χ1) is 14.7. The summed E-state index contributed by atoms with van der Waals surface area (Å²) in [6.45, 7) is 6.98. The van der Waals surface area contributed by atoms with E-state index in [-0.39, 0.29) is 5.56 Å². The summed E-state index contributed by atoms with van der Waals surface area (Å²) in [5.74, 6) is 1.68. The quantitative estimate of drug-likeness (QED) is 0.531. The number of anilines is 1. The van der Waals surface area contributed by atoms with Crippen LogP contribution in [-0.2, 0) is 6.54 Å². The maximum atomic E-state index is 12.7. The summed E-state index contributed by atoms with van der Waals surface area (Å²) >= 11 is 1.58. The van der Waals surface area contributed by atoms with Crippen molar-refractivity contribution in [1.82, 2.24) is 14.9 Å². The zero-order valence-electron chi connectivity index (χ0n) is 16.9.